The summed E-state index contributed by atoms with van der Waals surface area (Å²) < 4.78 is 0. The van der Waals surface area contributed by atoms with Crippen molar-refractivity contribution < 1.29 is 14.4 Å². The lowest BCUT2D eigenvalue weighted by Gasteiger charge is -2.11. The average molecular weight is 666 g/mol. The normalized spacial score (nSPS) is 11.2. The van der Waals surface area contributed by atoms with Crippen molar-refractivity contribution >= 4 is 92.3 Å². The molecule has 0 aliphatic heterocycles. The highest BCUT2D eigenvalue weighted by molar-refractivity contribution is 8.00. The summed E-state index contributed by atoms with van der Waals surface area (Å²) >= 11 is 16.2. The van der Waals surface area contributed by atoms with E-state index in [2.05, 4.69) is 20.9 Å². The van der Waals surface area contributed by atoms with Crippen molar-refractivity contribution in [3.05, 3.63) is 122 Å². The van der Waals surface area contributed by atoms with Crippen molar-refractivity contribution in [2.24, 2.45) is 0 Å². The van der Waals surface area contributed by atoms with Crippen LogP contribution in [-0.4, -0.2) is 28.5 Å². The number of carbonyl (C=O) groups is 3. The standard InChI is InChI=1S/C31H22Cl2N4O3S3/c32-24-11-6-21(15-25(24)33)27-17-43-31(36-27)37-28(38)18-42-23-9-7-22(8-10-23)34-30(40)26(14-19-12-13-41-16-19)35-29(39)20-4-2-1-3-5-20/h1-17H,18H2,(H,34,40)(H,35,39)(H,36,37,38)/b26-14-. The number of anilines is 2. The molecule has 0 aliphatic carbocycles. The molecule has 0 atom stereocenters. The number of hydrogen-bond donors (Lipinski definition) is 3. The Hall–Kier alpha value is -3.93. The monoisotopic (exact) mass is 664 g/mol. The number of amides is 3. The zero-order chi connectivity index (χ0) is 30.2. The zero-order valence-electron chi connectivity index (χ0n) is 22.2. The Morgan fingerprint density at radius 2 is 1.67 bits per heavy atom. The van der Waals surface area contributed by atoms with Crippen LogP contribution in [0.15, 0.2) is 106 Å². The van der Waals surface area contributed by atoms with Crippen LogP contribution < -0.4 is 16.0 Å². The summed E-state index contributed by atoms with van der Waals surface area (Å²) in [5.41, 5.74) is 3.40. The van der Waals surface area contributed by atoms with Crippen LogP contribution >= 0.6 is 57.6 Å². The molecule has 5 aromatic rings. The van der Waals surface area contributed by atoms with E-state index in [0.717, 1.165) is 16.0 Å². The summed E-state index contributed by atoms with van der Waals surface area (Å²) in [5, 5.41) is 15.4. The van der Waals surface area contributed by atoms with E-state index in [1.54, 1.807) is 54.6 Å². The third-order valence-corrected chi connectivity index (χ3v) is 9.04. The van der Waals surface area contributed by atoms with E-state index < -0.39 is 5.91 Å². The summed E-state index contributed by atoms with van der Waals surface area (Å²) in [4.78, 5) is 43.7. The molecule has 0 fully saturated rings. The van der Waals surface area contributed by atoms with Gasteiger partial charge >= 0.3 is 0 Å². The van der Waals surface area contributed by atoms with Gasteiger partial charge in [-0.3, -0.25) is 14.4 Å². The summed E-state index contributed by atoms with van der Waals surface area (Å²) in [6, 6.07) is 22.9. The van der Waals surface area contributed by atoms with E-state index in [0.29, 0.717) is 32.1 Å². The molecule has 43 heavy (non-hydrogen) atoms. The molecule has 0 bridgehead atoms. The molecule has 7 nitrogen and oxygen atoms in total. The van der Waals surface area contributed by atoms with Crippen LogP contribution in [0.3, 0.4) is 0 Å². The Balaban J connectivity index is 1.16. The molecule has 0 saturated heterocycles. The second-order valence-electron chi connectivity index (χ2n) is 8.92. The Bertz CT molecular complexity index is 1770. The van der Waals surface area contributed by atoms with Gasteiger partial charge in [0.1, 0.15) is 5.70 Å². The minimum atomic E-state index is -0.459. The van der Waals surface area contributed by atoms with Gasteiger partial charge in [-0.05, 0) is 77.0 Å². The number of aromatic nitrogens is 1. The minimum absolute atomic E-state index is 0.117. The Morgan fingerprint density at radius 3 is 2.40 bits per heavy atom. The first-order chi connectivity index (χ1) is 20.8. The third-order valence-electron chi connectivity index (χ3n) is 5.83. The van der Waals surface area contributed by atoms with Crippen molar-refractivity contribution in [3.63, 3.8) is 0 Å². The number of hydrogen-bond acceptors (Lipinski definition) is 7. The number of benzene rings is 3. The molecule has 3 N–H and O–H groups in total. The van der Waals surface area contributed by atoms with Gasteiger partial charge < -0.3 is 16.0 Å². The molecular weight excluding hydrogens is 643 g/mol. The summed E-state index contributed by atoms with van der Waals surface area (Å²) in [6.45, 7) is 0. The Morgan fingerprint density at radius 1 is 0.884 bits per heavy atom. The van der Waals surface area contributed by atoms with Crippen LogP contribution in [0.1, 0.15) is 15.9 Å². The SMILES string of the molecule is O=C(CSc1ccc(NC(=O)/C(=C/c2ccsc2)NC(=O)c2ccccc2)cc1)Nc1nc(-c2ccc(Cl)c(Cl)c2)cs1. The van der Waals surface area contributed by atoms with Crippen LogP contribution in [0, 0.1) is 0 Å². The van der Waals surface area contributed by atoms with Crippen molar-refractivity contribution in [3.8, 4) is 11.3 Å². The third kappa shape index (κ3) is 8.56. The van der Waals surface area contributed by atoms with Gasteiger partial charge in [0, 0.05) is 27.1 Å². The number of halogens is 2. The highest BCUT2D eigenvalue weighted by Gasteiger charge is 2.16. The first-order valence-corrected chi connectivity index (χ1v) is 16.3. The lowest BCUT2D eigenvalue weighted by molar-refractivity contribution is -0.114. The maximum atomic E-state index is 13.1. The van der Waals surface area contributed by atoms with Crippen molar-refractivity contribution in [2.75, 3.05) is 16.4 Å². The van der Waals surface area contributed by atoms with Crippen LogP contribution in [-0.2, 0) is 9.59 Å². The van der Waals surface area contributed by atoms with Gasteiger partial charge in [-0.15, -0.1) is 23.1 Å². The molecule has 0 spiro atoms. The molecule has 2 aromatic heterocycles. The predicted octanol–water partition coefficient (Wildman–Crippen LogP) is 8.32. The maximum absolute atomic E-state index is 13.1. The molecular formula is C31H22Cl2N4O3S3. The van der Waals surface area contributed by atoms with E-state index in [-0.39, 0.29) is 23.3 Å². The zero-order valence-corrected chi connectivity index (χ0v) is 26.1. The molecule has 3 amide bonds. The average Bonchev–Trinajstić information content (AvgIpc) is 3.71. The van der Waals surface area contributed by atoms with E-state index in [1.165, 1.54) is 34.4 Å². The van der Waals surface area contributed by atoms with E-state index in [9.17, 15) is 14.4 Å². The smallest absolute Gasteiger partial charge is 0.272 e. The van der Waals surface area contributed by atoms with E-state index >= 15 is 0 Å². The fourth-order valence-electron chi connectivity index (χ4n) is 3.72. The molecule has 3 aromatic carbocycles. The van der Waals surface area contributed by atoms with Crippen molar-refractivity contribution in [1.82, 2.24) is 10.3 Å². The van der Waals surface area contributed by atoms with Gasteiger partial charge in [0.25, 0.3) is 11.8 Å². The quantitative estimate of drug-likeness (QED) is 0.103. The van der Waals surface area contributed by atoms with Gasteiger partial charge in [0.05, 0.1) is 21.5 Å². The molecule has 2 heterocycles. The van der Waals surface area contributed by atoms with Crippen molar-refractivity contribution in [1.29, 1.82) is 0 Å². The molecule has 0 aliphatic rings. The number of nitrogens with zero attached hydrogens (tertiary/aromatic N) is 1. The number of thiazole rings is 1. The molecule has 216 valence electrons. The van der Waals surface area contributed by atoms with Crippen molar-refractivity contribution in [2.45, 2.75) is 4.90 Å². The minimum Gasteiger partial charge on any atom is -0.321 e. The van der Waals surface area contributed by atoms with Gasteiger partial charge in [-0.2, -0.15) is 11.3 Å². The largest absolute Gasteiger partial charge is 0.321 e. The van der Waals surface area contributed by atoms with Gasteiger partial charge in [-0.1, -0.05) is 47.5 Å². The molecule has 0 radical (unpaired) electrons. The molecule has 0 unspecified atom stereocenters. The fraction of sp³-hybridized carbons (Fsp3) is 0.0323. The highest BCUT2D eigenvalue weighted by atomic mass is 35.5. The number of thiophene rings is 1. The van der Waals surface area contributed by atoms with Crippen LogP contribution in [0.5, 0.6) is 0 Å². The number of carbonyl (C=O) groups excluding carboxylic acids is 3. The van der Waals surface area contributed by atoms with E-state index in [1.807, 2.05) is 46.5 Å². The molecule has 0 saturated carbocycles. The molecule has 12 heteroatoms. The van der Waals surface area contributed by atoms with E-state index in [4.69, 9.17) is 23.2 Å². The first-order valence-electron chi connectivity index (χ1n) is 12.7. The highest BCUT2D eigenvalue weighted by Crippen LogP contribution is 2.30. The van der Waals surface area contributed by atoms with Gasteiger partial charge in [0.15, 0.2) is 5.13 Å². The number of rotatable bonds is 10. The van der Waals surface area contributed by atoms with Gasteiger partial charge in [-0.25, -0.2) is 4.98 Å². The van der Waals surface area contributed by atoms with Crippen LogP contribution in [0.4, 0.5) is 10.8 Å². The fourth-order valence-corrected chi connectivity index (χ4v) is 6.07. The number of thioether (sulfide) groups is 1. The second-order valence-corrected chi connectivity index (χ2v) is 12.4. The lowest BCUT2D eigenvalue weighted by Crippen LogP contribution is -2.30. The van der Waals surface area contributed by atoms with Crippen LogP contribution in [0.2, 0.25) is 10.0 Å². The molecule has 5 rings (SSSR count). The lowest BCUT2D eigenvalue weighted by atomic mass is 10.2. The first kappa shape index (κ1) is 30.5. The number of nitrogens with one attached hydrogen (secondary N) is 3. The second kappa shape index (κ2) is 14.5. The summed E-state index contributed by atoms with van der Waals surface area (Å²) in [5.74, 6) is -0.869. The maximum Gasteiger partial charge on any atom is 0.272 e. The summed E-state index contributed by atoms with van der Waals surface area (Å²) in [7, 11) is 0. The van der Waals surface area contributed by atoms with Gasteiger partial charge in [0.2, 0.25) is 5.91 Å². The summed E-state index contributed by atoms with van der Waals surface area (Å²) in [6.07, 6.45) is 1.63. The predicted molar refractivity (Wildman–Crippen MR) is 178 cm³/mol. The Kier molecular flexibility index (Phi) is 10.3. The topological polar surface area (TPSA) is 100 Å². The Labute approximate surface area is 270 Å². The van der Waals surface area contributed by atoms with Crippen LogP contribution in [0.25, 0.3) is 17.3 Å².